The van der Waals surface area contributed by atoms with E-state index in [1.54, 1.807) is 19.1 Å². The van der Waals surface area contributed by atoms with Crippen LogP contribution >= 0.6 is 0 Å². The molecule has 0 spiro atoms. The highest BCUT2D eigenvalue weighted by molar-refractivity contribution is 7.96. The number of carbonyl (C=O) groups is 2. The molecule has 0 radical (unpaired) electrons. The molecule has 1 aliphatic rings. The molecule has 3 rings (SSSR count). The minimum atomic E-state index is -3.90. The number of anilines is 1. The Kier molecular flexibility index (Phi) is 6.27. The molecule has 0 unspecified atom stereocenters. The fraction of sp³-hybridized carbons (Fsp3) is 0.300. The van der Waals surface area contributed by atoms with E-state index >= 15 is 0 Å². The number of nitrogens with one attached hydrogen (secondary N) is 1. The maximum absolute atomic E-state index is 12.8. The third-order valence-corrected chi connectivity index (χ3v) is 8.89. The van der Waals surface area contributed by atoms with Gasteiger partial charge < -0.3 is 10.1 Å². The highest BCUT2D eigenvalue weighted by Gasteiger charge is 2.38. The van der Waals surface area contributed by atoms with Crippen LogP contribution in [0.15, 0.2) is 53.4 Å². The van der Waals surface area contributed by atoms with Crippen molar-refractivity contribution in [2.75, 3.05) is 23.4 Å². The Balaban J connectivity index is 1.85. The lowest BCUT2D eigenvalue weighted by Crippen LogP contribution is -2.23. The minimum Gasteiger partial charge on any atom is -0.462 e. The van der Waals surface area contributed by atoms with Crippen molar-refractivity contribution >= 4 is 37.2 Å². The molecule has 8 nitrogen and oxygen atoms in total. The molecule has 30 heavy (non-hydrogen) atoms. The first-order chi connectivity index (χ1) is 14.1. The molecule has 1 amide bonds. The summed E-state index contributed by atoms with van der Waals surface area (Å²) in [4.78, 5) is 24.6. The van der Waals surface area contributed by atoms with Crippen molar-refractivity contribution in [2.24, 2.45) is 0 Å². The van der Waals surface area contributed by atoms with E-state index in [-0.39, 0.29) is 40.5 Å². The second-order valence-corrected chi connectivity index (χ2v) is 11.3. The maximum atomic E-state index is 12.8. The molecular weight excluding hydrogens is 430 g/mol. The van der Waals surface area contributed by atoms with E-state index in [2.05, 4.69) is 5.32 Å². The first kappa shape index (κ1) is 22.0. The third kappa shape index (κ3) is 4.71. The molecule has 2 aromatic rings. The number of amides is 1. The number of benzene rings is 2. The average molecular weight is 452 g/mol. The Hall–Kier alpha value is -2.72. The van der Waals surface area contributed by atoms with Gasteiger partial charge in [0.2, 0.25) is 0 Å². The number of hydrogen-bond acceptors (Lipinski definition) is 7. The molecule has 1 aliphatic heterocycles. The first-order valence-electron chi connectivity index (χ1n) is 9.26. The zero-order valence-corrected chi connectivity index (χ0v) is 17.8. The molecule has 0 saturated carbocycles. The summed E-state index contributed by atoms with van der Waals surface area (Å²) in [6.45, 7) is 1.85. The van der Waals surface area contributed by atoms with Gasteiger partial charge in [0.25, 0.3) is 5.91 Å². The largest absolute Gasteiger partial charge is 0.462 e. The van der Waals surface area contributed by atoms with Gasteiger partial charge in [0.05, 0.1) is 39.5 Å². The van der Waals surface area contributed by atoms with E-state index in [1.807, 2.05) is 0 Å². The van der Waals surface area contributed by atoms with E-state index in [0.29, 0.717) is 0 Å². The van der Waals surface area contributed by atoms with Gasteiger partial charge in [-0.05, 0) is 43.7 Å². The van der Waals surface area contributed by atoms with Gasteiger partial charge in [-0.1, -0.05) is 18.2 Å². The van der Waals surface area contributed by atoms with E-state index in [4.69, 9.17) is 4.74 Å². The van der Waals surface area contributed by atoms with Crippen LogP contribution in [0.3, 0.4) is 0 Å². The smallest absolute Gasteiger partial charge is 0.340 e. The quantitative estimate of drug-likeness (QED) is 0.667. The highest BCUT2D eigenvalue weighted by Crippen LogP contribution is 2.26. The molecule has 1 atom stereocenters. The third-order valence-electron chi connectivity index (χ3n) is 4.72. The lowest BCUT2D eigenvalue weighted by Gasteiger charge is -2.13. The van der Waals surface area contributed by atoms with Gasteiger partial charge in [-0.2, -0.15) is 0 Å². The molecule has 1 saturated heterocycles. The topological polar surface area (TPSA) is 124 Å². The van der Waals surface area contributed by atoms with Gasteiger partial charge in [-0.15, -0.1) is 0 Å². The summed E-state index contributed by atoms with van der Waals surface area (Å²) >= 11 is 0. The molecule has 1 fully saturated rings. The molecule has 2 aromatic carbocycles. The lowest BCUT2D eigenvalue weighted by atomic mass is 10.1. The summed E-state index contributed by atoms with van der Waals surface area (Å²) in [5.74, 6) is -1.78. The van der Waals surface area contributed by atoms with Crippen LogP contribution in [0.4, 0.5) is 5.69 Å². The molecular formula is C20H21NO7S2. The Labute approximate surface area is 175 Å². The number of rotatable bonds is 6. The van der Waals surface area contributed by atoms with Crippen LogP contribution in [0.1, 0.15) is 34.1 Å². The maximum Gasteiger partial charge on any atom is 0.340 e. The van der Waals surface area contributed by atoms with Crippen LogP contribution in [0, 0.1) is 0 Å². The zero-order valence-electron chi connectivity index (χ0n) is 16.2. The van der Waals surface area contributed by atoms with E-state index in [9.17, 15) is 26.4 Å². The van der Waals surface area contributed by atoms with E-state index < -0.39 is 42.6 Å². The first-order valence-corrected chi connectivity index (χ1v) is 12.6. The second kappa shape index (κ2) is 8.57. The summed E-state index contributed by atoms with van der Waals surface area (Å²) < 4.78 is 53.9. The molecule has 0 aromatic heterocycles. The molecule has 10 heteroatoms. The van der Waals surface area contributed by atoms with Crippen molar-refractivity contribution in [1.29, 1.82) is 0 Å². The standard InChI is InChI=1S/C20H21NO7S2/c1-2-28-20(23)17-8-3-4-9-18(17)21-19(22)14-6-5-7-15(12-14)30(26,27)16-10-11-29(24,25)13-16/h3-9,12,16H,2,10-11,13H2,1H3,(H,21,22)/t16-/m0/s1. The van der Waals surface area contributed by atoms with Crippen molar-refractivity contribution in [3.05, 3.63) is 59.7 Å². The summed E-state index contributed by atoms with van der Waals surface area (Å²) in [7, 11) is -7.27. The minimum absolute atomic E-state index is 0.0357. The van der Waals surface area contributed by atoms with Gasteiger partial charge in [-0.25, -0.2) is 21.6 Å². The fourth-order valence-corrected chi connectivity index (χ4v) is 7.59. The van der Waals surface area contributed by atoms with E-state index in [0.717, 1.165) is 0 Å². The van der Waals surface area contributed by atoms with Crippen LogP contribution in [0.2, 0.25) is 0 Å². The number of sulfone groups is 2. The van der Waals surface area contributed by atoms with Gasteiger partial charge in [0, 0.05) is 5.56 Å². The second-order valence-electron chi connectivity index (χ2n) is 6.82. The predicted molar refractivity (Wildman–Crippen MR) is 111 cm³/mol. The van der Waals surface area contributed by atoms with Crippen molar-refractivity contribution in [3.63, 3.8) is 0 Å². The number of esters is 1. The van der Waals surface area contributed by atoms with Gasteiger partial charge >= 0.3 is 5.97 Å². The van der Waals surface area contributed by atoms with Crippen LogP contribution in [-0.4, -0.2) is 52.1 Å². The molecule has 1 heterocycles. The van der Waals surface area contributed by atoms with Gasteiger partial charge in [0.1, 0.15) is 0 Å². The van der Waals surface area contributed by atoms with Gasteiger partial charge in [0.15, 0.2) is 19.7 Å². The number of carbonyl (C=O) groups excluding carboxylic acids is 2. The van der Waals surface area contributed by atoms with Crippen LogP contribution in [-0.2, 0) is 24.4 Å². The van der Waals surface area contributed by atoms with Crippen molar-refractivity contribution in [2.45, 2.75) is 23.5 Å². The Morgan fingerprint density at radius 1 is 1.13 bits per heavy atom. The lowest BCUT2D eigenvalue weighted by molar-refractivity contribution is 0.0527. The van der Waals surface area contributed by atoms with E-state index in [1.165, 1.54) is 36.4 Å². The Morgan fingerprint density at radius 3 is 2.53 bits per heavy atom. The zero-order chi connectivity index (χ0) is 21.9. The summed E-state index contributed by atoms with van der Waals surface area (Å²) in [6, 6.07) is 11.7. The van der Waals surface area contributed by atoms with Crippen LogP contribution < -0.4 is 5.32 Å². The SMILES string of the molecule is CCOC(=O)c1ccccc1NC(=O)c1cccc(S(=O)(=O)[C@H]2CCS(=O)(=O)C2)c1. The van der Waals surface area contributed by atoms with Crippen molar-refractivity contribution in [1.82, 2.24) is 0 Å². The fourth-order valence-electron chi connectivity index (χ4n) is 3.19. The normalized spacial score (nSPS) is 18.0. The number of hydrogen-bond donors (Lipinski definition) is 1. The predicted octanol–water partition coefficient (Wildman–Crippen LogP) is 2.08. The summed E-state index contributed by atoms with van der Waals surface area (Å²) in [6.07, 6.45) is 0.0357. The van der Waals surface area contributed by atoms with Gasteiger partial charge in [-0.3, -0.25) is 4.79 Å². The average Bonchev–Trinajstić information content (AvgIpc) is 3.09. The number of ether oxygens (including phenoxy) is 1. The molecule has 0 bridgehead atoms. The Bertz CT molecular complexity index is 1190. The summed E-state index contributed by atoms with van der Waals surface area (Å²) in [5, 5.41) is 1.57. The van der Waals surface area contributed by atoms with Crippen LogP contribution in [0.5, 0.6) is 0 Å². The van der Waals surface area contributed by atoms with Crippen molar-refractivity contribution < 1.29 is 31.2 Å². The Morgan fingerprint density at radius 2 is 1.87 bits per heavy atom. The highest BCUT2D eigenvalue weighted by atomic mass is 32.2. The monoisotopic (exact) mass is 451 g/mol. The molecule has 1 N–H and O–H groups in total. The number of para-hydroxylation sites is 1. The summed E-state index contributed by atoms with van der Waals surface area (Å²) in [5.41, 5.74) is 0.472. The van der Waals surface area contributed by atoms with Crippen molar-refractivity contribution in [3.8, 4) is 0 Å². The molecule has 0 aliphatic carbocycles. The molecule has 160 valence electrons. The van der Waals surface area contributed by atoms with Crippen LogP contribution in [0.25, 0.3) is 0 Å².